The molecule has 9 nitrogen and oxygen atoms in total. The minimum atomic E-state index is -1.08. The van der Waals surface area contributed by atoms with Crippen LogP contribution in [0.4, 0.5) is 4.79 Å². The molecule has 0 unspecified atom stereocenters. The van der Waals surface area contributed by atoms with E-state index >= 15 is 0 Å². The number of aromatic carboxylic acids is 1. The van der Waals surface area contributed by atoms with E-state index in [-0.39, 0.29) is 18.3 Å². The topological polar surface area (TPSA) is 122 Å². The number of amides is 2. The summed E-state index contributed by atoms with van der Waals surface area (Å²) in [4.78, 5) is 26.0. The number of thiazole rings is 1. The van der Waals surface area contributed by atoms with Crippen LogP contribution in [0.1, 0.15) is 15.5 Å². The third-order valence-electron chi connectivity index (χ3n) is 2.27. The summed E-state index contributed by atoms with van der Waals surface area (Å²) in [6, 6.07) is -0.350. The first kappa shape index (κ1) is 13.9. The third kappa shape index (κ3) is 4.02. The zero-order chi connectivity index (χ0) is 14.4. The van der Waals surface area contributed by atoms with Crippen LogP contribution in [0, 0.1) is 0 Å². The second-order valence-electron chi connectivity index (χ2n) is 3.71. The van der Waals surface area contributed by atoms with E-state index in [0.717, 1.165) is 0 Å². The van der Waals surface area contributed by atoms with E-state index in [1.54, 1.807) is 17.1 Å². The van der Waals surface area contributed by atoms with E-state index in [1.165, 1.54) is 16.7 Å². The zero-order valence-corrected chi connectivity index (χ0v) is 11.1. The van der Waals surface area contributed by atoms with E-state index in [1.807, 2.05) is 0 Å². The molecular weight excluding hydrogens is 284 g/mol. The summed E-state index contributed by atoms with van der Waals surface area (Å²) >= 11 is 1.18. The first-order chi connectivity index (χ1) is 9.65. The van der Waals surface area contributed by atoms with Gasteiger partial charge in [-0.05, 0) is 0 Å². The first-order valence-corrected chi connectivity index (χ1v) is 6.56. The van der Waals surface area contributed by atoms with Gasteiger partial charge in [0.25, 0.3) is 0 Å². The number of nitrogens with zero attached hydrogens (tertiary/aromatic N) is 4. The molecule has 106 valence electrons. The lowest BCUT2D eigenvalue weighted by molar-refractivity contribution is 0.0691. The molecule has 0 bridgehead atoms. The molecule has 0 radical (unpaired) electrons. The highest BCUT2D eigenvalue weighted by Gasteiger charge is 2.09. The van der Waals surface area contributed by atoms with Crippen molar-refractivity contribution in [2.24, 2.45) is 0 Å². The van der Waals surface area contributed by atoms with Crippen molar-refractivity contribution in [1.82, 2.24) is 30.6 Å². The summed E-state index contributed by atoms with van der Waals surface area (Å²) in [6.45, 7) is 1.12. The number of carboxylic acids is 1. The van der Waals surface area contributed by atoms with Crippen LogP contribution in [0.2, 0.25) is 0 Å². The minimum absolute atomic E-state index is 0.0154. The van der Waals surface area contributed by atoms with E-state index in [4.69, 9.17) is 5.11 Å². The van der Waals surface area contributed by atoms with Crippen molar-refractivity contribution >= 4 is 23.3 Å². The lowest BCUT2D eigenvalue weighted by Crippen LogP contribution is -2.36. The molecule has 0 atom stereocenters. The van der Waals surface area contributed by atoms with Crippen LogP contribution in [0.3, 0.4) is 0 Å². The standard InChI is InChI=1S/C10H12N6O3S/c17-9(18)7-6-20-8(14-7)5-12-10(19)11-1-3-16-4-2-13-15-16/h2,4,6H,1,3,5H2,(H,17,18)(H2,11,12,19). The highest BCUT2D eigenvalue weighted by atomic mass is 32.1. The number of aromatic nitrogens is 4. The fourth-order valence-electron chi connectivity index (χ4n) is 1.34. The number of hydrogen-bond donors (Lipinski definition) is 3. The Hall–Kier alpha value is -2.49. The summed E-state index contributed by atoms with van der Waals surface area (Å²) in [5, 5.41) is 23.3. The van der Waals surface area contributed by atoms with E-state index in [2.05, 4.69) is 25.9 Å². The van der Waals surface area contributed by atoms with Gasteiger partial charge in [0, 0.05) is 18.1 Å². The van der Waals surface area contributed by atoms with Gasteiger partial charge in [-0.2, -0.15) is 0 Å². The molecule has 0 saturated carbocycles. The van der Waals surface area contributed by atoms with Gasteiger partial charge in [0.2, 0.25) is 0 Å². The minimum Gasteiger partial charge on any atom is -0.476 e. The number of carboxylic acid groups (broad SMARTS) is 1. The molecule has 0 aromatic carbocycles. The largest absolute Gasteiger partial charge is 0.476 e. The monoisotopic (exact) mass is 296 g/mol. The molecule has 0 aliphatic carbocycles. The van der Waals surface area contributed by atoms with Crippen LogP contribution < -0.4 is 10.6 Å². The highest BCUT2D eigenvalue weighted by molar-refractivity contribution is 7.09. The Balaban J connectivity index is 1.67. The van der Waals surface area contributed by atoms with Crippen LogP contribution in [0.25, 0.3) is 0 Å². The first-order valence-electron chi connectivity index (χ1n) is 5.68. The number of nitrogens with one attached hydrogen (secondary N) is 2. The molecule has 3 N–H and O–H groups in total. The molecule has 0 fully saturated rings. The van der Waals surface area contributed by atoms with Gasteiger partial charge in [-0.1, -0.05) is 5.21 Å². The second-order valence-corrected chi connectivity index (χ2v) is 4.65. The maximum Gasteiger partial charge on any atom is 0.355 e. The SMILES string of the molecule is O=C(NCCn1ccnn1)NCc1nc(C(=O)O)cs1. The number of carbonyl (C=O) groups excluding carboxylic acids is 1. The zero-order valence-electron chi connectivity index (χ0n) is 10.3. The van der Waals surface area contributed by atoms with Gasteiger partial charge >= 0.3 is 12.0 Å². The van der Waals surface area contributed by atoms with Crippen molar-refractivity contribution in [3.63, 3.8) is 0 Å². The maximum absolute atomic E-state index is 11.5. The molecule has 20 heavy (non-hydrogen) atoms. The van der Waals surface area contributed by atoms with Crippen LogP contribution in [-0.4, -0.2) is 43.6 Å². The van der Waals surface area contributed by atoms with Crippen LogP contribution >= 0.6 is 11.3 Å². The van der Waals surface area contributed by atoms with Gasteiger partial charge in [0.1, 0.15) is 5.01 Å². The van der Waals surface area contributed by atoms with Gasteiger partial charge in [0.05, 0.1) is 19.3 Å². The van der Waals surface area contributed by atoms with E-state index < -0.39 is 5.97 Å². The van der Waals surface area contributed by atoms with Crippen molar-refractivity contribution in [3.05, 3.63) is 28.5 Å². The maximum atomic E-state index is 11.5. The molecular formula is C10H12N6O3S. The Bertz CT molecular complexity index is 582. The second kappa shape index (κ2) is 6.61. The Morgan fingerprint density at radius 2 is 2.25 bits per heavy atom. The lowest BCUT2D eigenvalue weighted by Gasteiger charge is -2.05. The average molecular weight is 296 g/mol. The normalized spacial score (nSPS) is 10.2. The molecule has 2 heterocycles. The van der Waals surface area contributed by atoms with Crippen molar-refractivity contribution in [2.75, 3.05) is 6.54 Å². The predicted molar refractivity (Wildman–Crippen MR) is 69.3 cm³/mol. The van der Waals surface area contributed by atoms with Crippen molar-refractivity contribution in [3.8, 4) is 0 Å². The van der Waals surface area contributed by atoms with Crippen LogP contribution in [-0.2, 0) is 13.1 Å². The number of urea groups is 1. The Labute approximate surface area is 117 Å². The van der Waals surface area contributed by atoms with Gasteiger partial charge in [-0.15, -0.1) is 16.4 Å². The summed E-state index contributed by atoms with van der Waals surface area (Å²) in [6.07, 6.45) is 3.26. The Kier molecular flexibility index (Phi) is 4.60. The fourth-order valence-corrected chi connectivity index (χ4v) is 2.05. The van der Waals surface area contributed by atoms with Crippen LogP contribution in [0.15, 0.2) is 17.8 Å². The van der Waals surface area contributed by atoms with Gasteiger partial charge in [-0.25, -0.2) is 14.6 Å². The smallest absolute Gasteiger partial charge is 0.355 e. The lowest BCUT2D eigenvalue weighted by atomic mass is 10.5. The molecule has 2 aromatic rings. The highest BCUT2D eigenvalue weighted by Crippen LogP contribution is 2.08. The molecule has 0 aliphatic rings. The quantitative estimate of drug-likeness (QED) is 0.686. The summed E-state index contributed by atoms with van der Waals surface area (Å²) in [5.41, 5.74) is -0.0154. The molecule has 2 rings (SSSR count). The Morgan fingerprint density at radius 1 is 1.40 bits per heavy atom. The molecule has 0 saturated heterocycles. The average Bonchev–Trinajstić information content (AvgIpc) is 3.07. The number of rotatable bonds is 6. The molecule has 2 amide bonds. The molecule has 2 aromatic heterocycles. The van der Waals surface area contributed by atoms with E-state index in [0.29, 0.717) is 18.1 Å². The summed E-state index contributed by atoms with van der Waals surface area (Å²) in [5.74, 6) is -1.08. The van der Waals surface area contributed by atoms with Gasteiger partial charge < -0.3 is 15.7 Å². The van der Waals surface area contributed by atoms with Gasteiger partial charge in [-0.3, -0.25) is 4.68 Å². The Morgan fingerprint density at radius 3 is 2.90 bits per heavy atom. The summed E-state index contributed by atoms with van der Waals surface area (Å²) < 4.78 is 1.60. The number of hydrogen-bond acceptors (Lipinski definition) is 6. The number of carbonyl (C=O) groups is 2. The molecule has 0 aliphatic heterocycles. The molecule has 0 spiro atoms. The van der Waals surface area contributed by atoms with Crippen LogP contribution in [0.5, 0.6) is 0 Å². The summed E-state index contributed by atoms with van der Waals surface area (Å²) in [7, 11) is 0. The predicted octanol–water partition coefficient (Wildman–Crippen LogP) is -0.0678. The van der Waals surface area contributed by atoms with Gasteiger partial charge in [0.15, 0.2) is 5.69 Å². The van der Waals surface area contributed by atoms with Crippen molar-refractivity contribution < 1.29 is 14.7 Å². The third-order valence-corrected chi connectivity index (χ3v) is 3.12. The van der Waals surface area contributed by atoms with Crippen molar-refractivity contribution in [2.45, 2.75) is 13.1 Å². The molecule has 10 heteroatoms. The van der Waals surface area contributed by atoms with Crippen molar-refractivity contribution in [1.29, 1.82) is 0 Å². The fraction of sp³-hybridized carbons (Fsp3) is 0.300. The van der Waals surface area contributed by atoms with E-state index in [9.17, 15) is 9.59 Å².